The molecule has 152 valence electrons. The van der Waals surface area contributed by atoms with Crippen molar-refractivity contribution in [2.24, 2.45) is 0 Å². The number of carbonyl (C=O) groups excluding carboxylic acids is 1. The summed E-state index contributed by atoms with van der Waals surface area (Å²) in [7, 11) is 0. The van der Waals surface area contributed by atoms with Crippen molar-refractivity contribution in [3.05, 3.63) is 39.3 Å². The van der Waals surface area contributed by atoms with E-state index in [1.807, 2.05) is 0 Å². The Morgan fingerprint density at radius 3 is 2.61 bits per heavy atom. The van der Waals surface area contributed by atoms with Gasteiger partial charge in [-0.3, -0.25) is 9.48 Å². The van der Waals surface area contributed by atoms with Crippen LogP contribution in [0.5, 0.6) is 0 Å². The van der Waals surface area contributed by atoms with Gasteiger partial charge in [-0.15, -0.1) is 0 Å². The predicted molar refractivity (Wildman–Crippen MR) is 90.4 cm³/mol. The highest BCUT2D eigenvalue weighted by Gasteiger charge is 2.37. The van der Waals surface area contributed by atoms with E-state index in [0.717, 1.165) is 18.9 Å². The lowest BCUT2D eigenvalue weighted by atomic mass is 10.2. The van der Waals surface area contributed by atoms with Crippen LogP contribution in [0.3, 0.4) is 0 Å². The van der Waals surface area contributed by atoms with Crippen molar-refractivity contribution in [3.63, 3.8) is 0 Å². The number of aryl methyl sites for hydroxylation is 2. The summed E-state index contributed by atoms with van der Waals surface area (Å²) in [5, 5.41) is 20.7. The molecule has 1 aliphatic carbocycles. The first-order chi connectivity index (χ1) is 13.1. The number of rotatable bonds is 8. The normalized spacial score (nSPS) is 14.3. The lowest BCUT2D eigenvalue weighted by molar-refractivity contribution is -0.389. The number of hydrogen-bond acceptors (Lipinski definition) is 5. The van der Waals surface area contributed by atoms with Gasteiger partial charge in [-0.2, -0.15) is 23.0 Å². The van der Waals surface area contributed by atoms with Gasteiger partial charge in [0.05, 0.1) is 16.9 Å². The maximum absolute atomic E-state index is 12.9. The van der Waals surface area contributed by atoms with Crippen LogP contribution in [0.15, 0.2) is 12.1 Å². The largest absolute Gasteiger partial charge is 0.435 e. The monoisotopic (exact) mass is 400 g/mol. The Morgan fingerprint density at radius 1 is 1.32 bits per heavy atom. The highest BCUT2D eigenvalue weighted by Crippen LogP contribution is 2.42. The van der Waals surface area contributed by atoms with E-state index in [1.165, 1.54) is 15.4 Å². The zero-order valence-corrected chi connectivity index (χ0v) is 15.1. The molecule has 1 saturated carbocycles. The SMILES string of the molecule is Cc1cc([N+](=O)[O-])nn1CC(=O)NCCCn1nc(C(F)(F)F)cc1C1CC1. The van der Waals surface area contributed by atoms with Crippen molar-refractivity contribution < 1.29 is 22.9 Å². The second-order valence-corrected chi connectivity index (χ2v) is 6.71. The minimum atomic E-state index is -4.48. The van der Waals surface area contributed by atoms with Crippen LogP contribution in [0.1, 0.15) is 42.3 Å². The fraction of sp³-hybridized carbons (Fsp3) is 0.562. The Morgan fingerprint density at radius 2 is 2.04 bits per heavy atom. The van der Waals surface area contributed by atoms with Crippen LogP contribution in [0.2, 0.25) is 0 Å². The molecule has 0 unspecified atom stereocenters. The number of nitrogens with one attached hydrogen (secondary N) is 1. The molecule has 1 amide bonds. The van der Waals surface area contributed by atoms with E-state index in [9.17, 15) is 28.1 Å². The minimum absolute atomic E-state index is 0.122. The first kappa shape index (κ1) is 19.8. The molecule has 3 rings (SSSR count). The summed E-state index contributed by atoms with van der Waals surface area (Å²) in [6.07, 6.45) is -2.36. The molecule has 2 aromatic rings. The Kier molecular flexibility index (Phi) is 5.38. The molecule has 0 saturated heterocycles. The number of nitro groups is 1. The average Bonchev–Trinajstić information content (AvgIpc) is 3.24. The van der Waals surface area contributed by atoms with E-state index in [-0.39, 0.29) is 37.3 Å². The number of amides is 1. The molecule has 0 atom stereocenters. The third-order valence-corrected chi connectivity index (χ3v) is 4.41. The van der Waals surface area contributed by atoms with Crippen molar-refractivity contribution >= 4 is 11.7 Å². The van der Waals surface area contributed by atoms with E-state index in [2.05, 4.69) is 15.5 Å². The molecule has 1 fully saturated rings. The first-order valence-corrected chi connectivity index (χ1v) is 8.75. The average molecular weight is 400 g/mol. The molecule has 0 aromatic carbocycles. The van der Waals surface area contributed by atoms with E-state index in [4.69, 9.17) is 0 Å². The van der Waals surface area contributed by atoms with Crippen molar-refractivity contribution in [1.29, 1.82) is 0 Å². The Hall–Kier alpha value is -2.92. The lowest BCUT2D eigenvalue weighted by Gasteiger charge is -2.08. The molecule has 0 spiro atoms. The number of carbonyl (C=O) groups is 1. The summed E-state index contributed by atoms with van der Waals surface area (Å²) in [4.78, 5) is 22.0. The molecule has 12 heteroatoms. The van der Waals surface area contributed by atoms with E-state index in [1.54, 1.807) is 6.92 Å². The molecule has 0 radical (unpaired) electrons. The number of aromatic nitrogens is 4. The first-order valence-electron chi connectivity index (χ1n) is 8.75. The van der Waals surface area contributed by atoms with Crippen LogP contribution in [0, 0.1) is 17.0 Å². The van der Waals surface area contributed by atoms with Crippen LogP contribution >= 0.6 is 0 Å². The van der Waals surface area contributed by atoms with Crippen LogP contribution in [-0.4, -0.2) is 36.9 Å². The summed E-state index contributed by atoms with van der Waals surface area (Å²) in [5.74, 6) is -0.603. The van der Waals surface area contributed by atoms with E-state index < -0.39 is 16.8 Å². The van der Waals surface area contributed by atoms with Crippen LogP contribution in [0.25, 0.3) is 0 Å². The van der Waals surface area contributed by atoms with Crippen molar-refractivity contribution in [1.82, 2.24) is 24.9 Å². The van der Waals surface area contributed by atoms with Crippen molar-refractivity contribution in [2.75, 3.05) is 6.54 Å². The van der Waals surface area contributed by atoms with E-state index in [0.29, 0.717) is 17.8 Å². The topological polar surface area (TPSA) is 108 Å². The smallest absolute Gasteiger partial charge is 0.358 e. The van der Waals surface area contributed by atoms with Crippen LogP contribution in [0.4, 0.5) is 19.0 Å². The number of halogens is 3. The summed E-state index contributed by atoms with van der Waals surface area (Å²) in [5.41, 5.74) is 0.166. The van der Waals surface area contributed by atoms with Crippen LogP contribution < -0.4 is 5.32 Å². The number of hydrogen-bond donors (Lipinski definition) is 1. The van der Waals surface area contributed by atoms with Gasteiger partial charge in [-0.05, 0) is 37.2 Å². The van der Waals surface area contributed by atoms with Gasteiger partial charge in [0.2, 0.25) is 5.91 Å². The second kappa shape index (κ2) is 7.60. The predicted octanol–water partition coefficient (Wildman–Crippen LogP) is 2.40. The van der Waals surface area contributed by atoms with Gasteiger partial charge in [-0.25, -0.2) is 0 Å². The molecular formula is C16H19F3N6O3. The molecule has 2 heterocycles. The Bertz CT molecular complexity index is 885. The molecule has 0 aliphatic heterocycles. The maximum Gasteiger partial charge on any atom is 0.435 e. The lowest BCUT2D eigenvalue weighted by Crippen LogP contribution is -2.29. The standard InChI is InChI=1S/C16H19F3N6O3/c1-10-7-14(25(27)28)22-24(10)9-15(26)20-5-2-6-23-12(11-3-4-11)8-13(21-23)16(17,18)19/h7-8,11H,2-6,9H2,1H3,(H,20,26). The number of nitrogens with zero attached hydrogens (tertiary/aromatic N) is 5. The highest BCUT2D eigenvalue weighted by atomic mass is 19.4. The second-order valence-electron chi connectivity index (χ2n) is 6.71. The molecule has 28 heavy (non-hydrogen) atoms. The third-order valence-electron chi connectivity index (χ3n) is 4.41. The quantitative estimate of drug-likeness (QED) is 0.416. The fourth-order valence-corrected chi connectivity index (χ4v) is 2.85. The van der Waals surface area contributed by atoms with Gasteiger partial charge >= 0.3 is 12.0 Å². The van der Waals surface area contributed by atoms with E-state index >= 15 is 0 Å². The molecule has 2 aromatic heterocycles. The van der Waals surface area contributed by atoms with Gasteiger partial charge in [0, 0.05) is 24.7 Å². The summed E-state index contributed by atoms with van der Waals surface area (Å²) in [6, 6.07) is 2.37. The fourth-order valence-electron chi connectivity index (χ4n) is 2.85. The molecule has 0 bridgehead atoms. The zero-order chi connectivity index (χ0) is 20.5. The zero-order valence-electron chi connectivity index (χ0n) is 15.1. The summed E-state index contributed by atoms with van der Waals surface area (Å²) in [6.45, 7) is 1.93. The van der Waals surface area contributed by atoms with Crippen LogP contribution in [-0.2, 0) is 24.1 Å². The molecular weight excluding hydrogens is 381 g/mol. The van der Waals surface area contributed by atoms with Gasteiger partial charge in [-0.1, -0.05) is 0 Å². The van der Waals surface area contributed by atoms with Crippen molar-refractivity contribution in [2.45, 2.75) is 51.4 Å². The Balaban J connectivity index is 1.50. The van der Waals surface area contributed by atoms with Gasteiger partial charge in [0.1, 0.15) is 6.54 Å². The Labute approximate surface area is 157 Å². The van der Waals surface area contributed by atoms with Gasteiger partial charge in [0.15, 0.2) is 5.69 Å². The van der Waals surface area contributed by atoms with Gasteiger partial charge in [0.25, 0.3) is 0 Å². The third kappa shape index (κ3) is 4.67. The summed E-state index contributed by atoms with van der Waals surface area (Å²) >= 11 is 0. The maximum atomic E-state index is 12.9. The molecule has 9 nitrogen and oxygen atoms in total. The highest BCUT2D eigenvalue weighted by molar-refractivity contribution is 5.75. The molecule has 1 aliphatic rings. The van der Waals surface area contributed by atoms with Gasteiger partial charge < -0.3 is 15.4 Å². The minimum Gasteiger partial charge on any atom is -0.358 e. The summed E-state index contributed by atoms with van der Waals surface area (Å²) < 4.78 is 41.2. The van der Waals surface area contributed by atoms with Crippen molar-refractivity contribution in [3.8, 4) is 0 Å². The number of alkyl halides is 3. The molecule has 1 N–H and O–H groups in total.